The first-order valence-electron chi connectivity index (χ1n) is 7.18. The van der Waals surface area contributed by atoms with E-state index in [2.05, 4.69) is 20.5 Å². The van der Waals surface area contributed by atoms with E-state index < -0.39 is 0 Å². The second kappa shape index (κ2) is 7.23. The molecule has 1 saturated heterocycles. The molecule has 2 rings (SSSR count). The largest absolute Gasteiger partial charge is 0.381 e. The zero-order valence-corrected chi connectivity index (χ0v) is 12.2. The standard InChI is InChI=1S/C13H23N5O2/c1-3-11-15-12(17-16-11)9-14-13(19)18-7-4-5-10(20-2)6-8-18/h10H,3-9H2,1-2H3,(H,14,19)(H,15,16,17)/t10-/m0/s1. The molecule has 0 aromatic carbocycles. The van der Waals surface area contributed by atoms with E-state index in [1.54, 1.807) is 7.11 Å². The third-order valence-electron chi connectivity index (χ3n) is 3.60. The highest BCUT2D eigenvalue weighted by molar-refractivity contribution is 5.74. The van der Waals surface area contributed by atoms with Crippen LogP contribution in [-0.2, 0) is 17.7 Å². The summed E-state index contributed by atoms with van der Waals surface area (Å²) in [4.78, 5) is 18.2. The predicted molar refractivity (Wildman–Crippen MR) is 74.2 cm³/mol. The molecule has 1 aromatic heterocycles. The number of aromatic nitrogens is 3. The minimum atomic E-state index is -0.0452. The number of amides is 2. The summed E-state index contributed by atoms with van der Waals surface area (Å²) < 4.78 is 5.36. The lowest BCUT2D eigenvalue weighted by atomic mass is 10.2. The second-order valence-electron chi connectivity index (χ2n) is 4.99. The SMILES string of the molecule is CCc1n[nH]c(CNC(=O)N2CCC[C@H](OC)CC2)n1. The van der Waals surface area contributed by atoms with Crippen LogP contribution >= 0.6 is 0 Å². The summed E-state index contributed by atoms with van der Waals surface area (Å²) in [6.07, 6.45) is 3.95. The van der Waals surface area contributed by atoms with Gasteiger partial charge in [0.2, 0.25) is 0 Å². The van der Waals surface area contributed by atoms with Crippen LogP contribution in [0.3, 0.4) is 0 Å². The van der Waals surface area contributed by atoms with E-state index in [4.69, 9.17) is 4.74 Å². The Labute approximate surface area is 119 Å². The molecule has 1 atom stereocenters. The summed E-state index contributed by atoms with van der Waals surface area (Å²) in [7, 11) is 1.73. The van der Waals surface area contributed by atoms with E-state index in [1.807, 2.05) is 11.8 Å². The first-order valence-corrected chi connectivity index (χ1v) is 7.18. The highest BCUT2D eigenvalue weighted by Gasteiger charge is 2.20. The van der Waals surface area contributed by atoms with Crippen LogP contribution in [0.5, 0.6) is 0 Å². The molecule has 0 bridgehead atoms. The Bertz CT molecular complexity index is 434. The second-order valence-corrected chi connectivity index (χ2v) is 4.99. The van der Waals surface area contributed by atoms with Gasteiger partial charge in [-0.15, -0.1) is 0 Å². The Morgan fingerprint density at radius 1 is 1.50 bits per heavy atom. The van der Waals surface area contributed by atoms with Crippen LogP contribution in [0, 0.1) is 0 Å². The van der Waals surface area contributed by atoms with Gasteiger partial charge in [0.25, 0.3) is 0 Å². The molecule has 0 radical (unpaired) electrons. The minimum Gasteiger partial charge on any atom is -0.381 e. The van der Waals surface area contributed by atoms with Crippen molar-refractivity contribution in [1.82, 2.24) is 25.4 Å². The number of methoxy groups -OCH3 is 1. The van der Waals surface area contributed by atoms with E-state index in [-0.39, 0.29) is 12.1 Å². The molecule has 1 fully saturated rings. The van der Waals surface area contributed by atoms with Crippen LogP contribution in [0.25, 0.3) is 0 Å². The van der Waals surface area contributed by atoms with Gasteiger partial charge in [-0.3, -0.25) is 5.10 Å². The molecule has 1 aromatic rings. The number of rotatable bonds is 4. The normalized spacial score (nSPS) is 19.7. The Hall–Kier alpha value is -1.63. The Kier molecular flexibility index (Phi) is 5.34. The van der Waals surface area contributed by atoms with Crippen LogP contribution in [0.2, 0.25) is 0 Å². The van der Waals surface area contributed by atoms with Crippen LogP contribution in [0.1, 0.15) is 37.8 Å². The van der Waals surface area contributed by atoms with Gasteiger partial charge in [-0.05, 0) is 19.3 Å². The minimum absolute atomic E-state index is 0.0452. The number of aryl methyl sites for hydroxylation is 1. The van der Waals surface area contributed by atoms with Crippen molar-refractivity contribution < 1.29 is 9.53 Å². The van der Waals surface area contributed by atoms with Crippen molar-refractivity contribution in [2.24, 2.45) is 0 Å². The molecular weight excluding hydrogens is 258 g/mol. The number of hydrogen-bond acceptors (Lipinski definition) is 4. The van der Waals surface area contributed by atoms with Gasteiger partial charge in [-0.1, -0.05) is 6.92 Å². The molecule has 7 nitrogen and oxygen atoms in total. The van der Waals surface area contributed by atoms with Crippen LogP contribution in [0.4, 0.5) is 4.79 Å². The topological polar surface area (TPSA) is 83.1 Å². The molecule has 112 valence electrons. The van der Waals surface area contributed by atoms with Crippen molar-refractivity contribution in [2.75, 3.05) is 20.2 Å². The average Bonchev–Trinajstić information content (AvgIpc) is 2.80. The van der Waals surface area contributed by atoms with Crippen molar-refractivity contribution >= 4 is 6.03 Å². The van der Waals surface area contributed by atoms with Crippen molar-refractivity contribution in [3.05, 3.63) is 11.6 Å². The van der Waals surface area contributed by atoms with E-state index >= 15 is 0 Å². The Balaban J connectivity index is 1.79. The Morgan fingerprint density at radius 3 is 3.05 bits per heavy atom. The van der Waals surface area contributed by atoms with Crippen molar-refractivity contribution in [1.29, 1.82) is 0 Å². The fraction of sp³-hybridized carbons (Fsp3) is 0.769. The molecule has 2 N–H and O–H groups in total. The maximum absolute atomic E-state index is 12.1. The highest BCUT2D eigenvalue weighted by atomic mass is 16.5. The number of ether oxygens (including phenoxy) is 1. The van der Waals surface area contributed by atoms with E-state index in [0.717, 1.165) is 44.6 Å². The van der Waals surface area contributed by atoms with E-state index in [0.29, 0.717) is 12.4 Å². The molecule has 1 aliphatic heterocycles. The van der Waals surface area contributed by atoms with Crippen molar-refractivity contribution in [2.45, 2.75) is 45.3 Å². The van der Waals surface area contributed by atoms with Crippen LogP contribution < -0.4 is 5.32 Å². The number of nitrogens with zero attached hydrogens (tertiary/aromatic N) is 3. The fourth-order valence-corrected chi connectivity index (χ4v) is 2.35. The lowest BCUT2D eigenvalue weighted by molar-refractivity contribution is 0.0906. The lowest BCUT2D eigenvalue weighted by Gasteiger charge is -2.20. The number of H-pyrrole nitrogens is 1. The van der Waals surface area contributed by atoms with Gasteiger partial charge in [0.15, 0.2) is 5.82 Å². The summed E-state index contributed by atoms with van der Waals surface area (Å²) in [6.45, 7) is 3.90. The molecule has 2 heterocycles. The number of carbonyl (C=O) groups excluding carboxylic acids is 1. The quantitative estimate of drug-likeness (QED) is 0.865. The monoisotopic (exact) mass is 281 g/mol. The van der Waals surface area contributed by atoms with Crippen LogP contribution in [0.15, 0.2) is 0 Å². The number of hydrogen-bond donors (Lipinski definition) is 2. The maximum Gasteiger partial charge on any atom is 0.317 e. The molecule has 20 heavy (non-hydrogen) atoms. The molecule has 0 aliphatic carbocycles. The zero-order chi connectivity index (χ0) is 14.4. The molecule has 0 spiro atoms. The van der Waals surface area contributed by atoms with Crippen molar-refractivity contribution in [3.63, 3.8) is 0 Å². The lowest BCUT2D eigenvalue weighted by Crippen LogP contribution is -2.40. The molecular formula is C13H23N5O2. The van der Waals surface area contributed by atoms with E-state index in [9.17, 15) is 4.79 Å². The third kappa shape index (κ3) is 3.93. The van der Waals surface area contributed by atoms with Crippen LogP contribution in [-0.4, -0.2) is 52.4 Å². The fourth-order valence-electron chi connectivity index (χ4n) is 2.35. The number of nitrogens with one attached hydrogen (secondary N) is 2. The van der Waals surface area contributed by atoms with Gasteiger partial charge in [0.1, 0.15) is 5.82 Å². The number of aromatic amines is 1. The zero-order valence-electron chi connectivity index (χ0n) is 12.2. The molecule has 7 heteroatoms. The first kappa shape index (κ1) is 14.8. The molecule has 0 saturated carbocycles. The maximum atomic E-state index is 12.1. The Morgan fingerprint density at radius 2 is 2.35 bits per heavy atom. The van der Waals surface area contributed by atoms with Crippen molar-refractivity contribution in [3.8, 4) is 0 Å². The summed E-state index contributed by atoms with van der Waals surface area (Å²) in [6, 6.07) is -0.0452. The average molecular weight is 281 g/mol. The van der Waals surface area contributed by atoms with Gasteiger partial charge in [-0.25, -0.2) is 9.78 Å². The number of urea groups is 1. The molecule has 0 unspecified atom stereocenters. The molecule has 1 aliphatic rings. The number of likely N-dealkylation sites (tertiary alicyclic amines) is 1. The van der Waals surface area contributed by atoms with Gasteiger partial charge < -0.3 is 15.0 Å². The van der Waals surface area contributed by atoms with Gasteiger partial charge >= 0.3 is 6.03 Å². The van der Waals surface area contributed by atoms with E-state index in [1.165, 1.54) is 0 Å². The summed E-state index contributed by atoms with van der Waals surface area (Å²) >= 11 is 0. The highest BCUT2D eigenvalue weighted by Crippen LogP contribution is 2.13. The summed E-state index contributed by atoms with van der Waals surface area (Å²) in [5.41, 5.74) is 0. The predicted octanol–water partition coefficient (Wildman–Crippen LogP) is 1.08. The van der Waals surface area contributed by atoms with Gasteiger partial charge in [0, 0.05) is 26.6 Å². The van der Waals surface area contributed by atoms with Gasteiger partial charge in [-0.2, -0.15) is 5.10 Å². The summed E-state index contributed by atoms with van der Waals surface area (Å²) in [5, 5.41) is 9.75. The summed E-state index contributed by atoms with van der Waals surface area (Å²) in [5.74, 6) is 1.46. The molecule has 2 amide bonds. The van der Waals surface area contributed by atoms with Gasteiger partial charge in [0.05, 0.1) is 12.6 Å². The third-order valence-corrected chi connectivity index (χ3v) is 3.60. The smallest absolute Gasteiger partial charge is 0.317 e. The first-order chi connectivity index (χ1) is 9.72. The number of carbonyl (C=O) groups is 1.